The van der Waals surface area contributed by atoms with E-state index in [9.17, 15) is 9.59 Å². The van der Waals surface area contributed by atoms with E-state index in [4.69, 9.17) is 4.74 Å². The van der Waals surface area contributed by atoms with Gasteiger partial charge in [-0.25, -0.2) is 4.79 Å². The Bertz CT molecular complexity index is 612. The first-order chi connectivity index (χ1) is 9.70. The number of methoxy groups -OCH3 is 1. The normalized spacial score (nSPS) is 11.2. The predicted molar refractivity (Wildman–Crippen MR) is 79.7 cm³/mol. The van der Waals surface area contributed by atoms with Crippen LogP contribution in [0.25, 0.3) is 6.08 Å². The van der Waals surface area contributed by atoms with Gasteiger partial charge in [0.25, 0.3) is 0 Å². The second kappa shape index (κ2) is 6.82. The number of ether oxygens (including phenoxy) is 1. The van der Waals surface area contributed by atoms with Crippen LogP contribution in [0.2, 0.25) is 0 Å². The fourth-order valence-corrected chi connectivity index (χ4v) is 2.44. The maximum Gasteiger partial charge on any atom is 0.334 e. The molecule has 0 amide bonds. The van der Waals surface area contributed by atoms with Crippen LogP contribution < -0.4 is 0 Å². The summed E-state index contributed by atoms with van der Waals surface area (Å²) in [5.41, 5.74) is 0.956. The number of Topliss-reactive ketones (excluding diaryl/α,β-unsaturated/α-hetero) is 1. The van der Waals surface area contributed by atoms with Gasteiger partial charge in [0.05, 0.1) is 7.11 Å². The third-order valence-corrected chi connectivity index (χ3v) is 3.57. The van der Waals surface area contributed by atoms with Crippen LogP contribution >= 0.6 is 11.3 Å². The lowest BCUT2D eigenvalue weighted by Gasteiger charge is -2.05. The lowest BCUT2D eigenvalue weighted by Crippen LogP contribution is -2.10. The predicted octanol–water partition coefficient (Wildman–Crippen LogP) is 3.58. The Labute approximate surface area is 121 Å². The van der Waals surface area contributed by atoms with E-state index in [2.05, 4.69) is 0 Å². The average molecular weight is 286 g/mol. The molecule has 3 nitrogen and oxygen atoms in total. The molecule has 0 aliphatic rings. The zero-order valence-electron chi connectivity index (χ0n) is 11.0. The minimum atomic E-state index is -0.470. The molecule has 20 heavy (non-hydrogen) atoms. The summed E-state index contributed by atoms with van der Waals surface area (Å²) in [6, 6.07) is 12.7. The van der Waals surface area contributed by atoms with Crippen LogP contribution in [0.1, 0.15) is 21.7 Å². The molecule has 1 heterocycles. The van der Waals surface area contributed by atoms with Gasteiger partial charge in [-0.15, -0.1) is 11.3 Å². The van der Waals surface area contributed by atoms with E-state index < -0.39 is 5.97 Å². The van der Waals surface area contributed by atoms with Gasteiger partial charge in [-0.05, 0) is 17.5 Å². The van der Waals surface area contributed by atoms with Crippen molar-refractivity contribution in [3.63, 3.8) is 0 Å². The highest BCUT2D eigenvalue weighted by Crippen LogP contribution is 2.18. The summed E-state index contributed by atoms with van der Waals surface area (Å²) in [5.74, 6) is -0.568. The largest absolute Gasteiger partial charge is 0.466 e. The molecule has 0 saturated carbocycles. The monoisotopic (exact) mass is 286 g/mol. The Morgan fingerprint density at radius 1 is 1.15 bits per heavy atom. The standard InChI is InChI=1S/C16H14O3S/c1-19-16(18)13(10-14-8-5-9-20-14)11-15(17)12-6-3-2-4-7-12/h2-10H,11H2,1H3. The minimum Gasteiger partial charge on any atom is -0.466 e. The molecule has 2 rings (SSSR count). The van der Waals surface area contributed by atoms with Crippen LogP contribution in [-0.4, -0.2) is 18.9 Å². The molecule has 0 saturated heterocycles. The van der Waals surface area contributed by atoms with Crippen molar-refractivity contribution in [1.29, 1.82) is 0 Å². The third kappa shape index (κ3) is 3.65. The van der Waals surface area contributed by atoms with Crippen LogP contribution in [0.3, 0.4) is 0 Å². The summed E-state index contributed by atoms with van der Waals surface area (Å²) in [6.45, 7) is 0. The van der Waals surface area contributed by atoms with Gasteiger partial charge in [0, 0.05) is 22.4 Å². The van der Waals surface area contributed by atoms with E-state index >= 15 is 0 Å². The highest BCUT2D eigenvalue weighted by atomic mass is 32.1. The SMILES string of the molecule is COC(=O)C(=Cc1cccs1)CC(=O)c1ccccc1. The minimum absolute atomic E-state index is 0.0363. The second-order valence-electron chi connectivity index (χ2n) is 4.14. The van der Waals surface area contributed by atoms with Crippen LogP contribution in [0, 0.1) is 0 Å². The molecule has 1 aromatic heterocycles. The third-order valence-electron chi connectivity index (χ3n) is 2.75. The molecule has 0 N–H and O–H groups in total. The van der Waals surface area contributed by atoms with Crippen LogP contribution in [0.5, 0.6) is 0 Å². The Balaban J connectivity index is 2.21. The van der Waals surface area contributed by atoms with E-state index in [0.29, 0.717) is 11.1 Å². The summed E-state index contributed by atoms with van der Waals surface area (Å²) in [5, 5.41) is 1.92. The van der Waals surface area contributed by atoms with Crippen molar-refractivity contribution in [3.05, 3.63) is 63.9 Å². The highest BCUT2D eigenvalue weighted by Gasteiger charge is 2.16. The van der Waals surface area contributed by atoms with Gasteiger partial charge in [-0.2, -0.15) is 0 Å². The molecule has 1 aromatic carbocycles. The maximum absolute atomic E-state index is 12.2. The maximum atomic E-state index is 12.2. The fraction of sp³-hybridized carbons (Fsp3) is 0.125. The smallest absolute Gasteiger partial charge is 0.334 e. The zero-order chi connectivity index (χ0) is 14.4. The van der Waals surface area contributed by atoms with Crippen LogP contribution in [0.4, 0.5) is 0 Å². The lowest BCUT2D eigenvalue weighted by atomic mass is 10.0. The van der Waals surface area contributed by atoms with Gasteiger partial charge in [0.15, 0.2) is 5.78 Å². The molecular formula is C16H14O3S. The number of esters is 1. The fourth-order valence-electron chi connectivity index (χ4n) is 1.76. The Kier molecular flexibility index (Phi) is 4.85. The van der Waals surface area contributed by atoms with E-state index in [1.54, 1.807) is 30.3 Å². The summed E-state index contributed by atoms with van der Waals surface area (Å²) >= 11 is 1.51. The van der Waals surface area contributed by atoms with Gasteiger partial charge < -0.3 is 4.74 Å². The summed E-state index contributed by atoms with van der Waals surface area (Å²) in [6.07, 6.45) is 1.74. The number of benzene rings is 1. The van der Waals surface area contributed by atoms with Crippen molar-refractivity contribution in [2.75, 3.05) is 7.11 Å². The topological polar surface area (TPSA) is 43.4 Å². The van der Waals surface area contributed by atoms with Gasteiger partial charge in [0.2, 0.25) is 0 Å². The van der Waals surface area contributed by atoms with Crippen molar-refractivity contribution in [2.24, 2.45) is 0 Å². The van der Waals surface area contributed by atoms with Gasteiger partial charge >= 0.3 is 5.97 Å². The van der Waals surface area contributed by atoms with Gasteiger partial charge in [0.1, 0.15) is 0 Å². The average Bonchev–Trinajstić information content (AvgIpc) is 2.99. The Morgan fingerprint density at radius 2 is 1.90 bits per heavy atom. The van der Waals surface area contributed by atoms with Crippen molar-refractivity contribution in [1.82, 2.24) is 0 Å². The van der Waals surface area contributed by atoms with Gasteiger partial charge in [-0.1, -0.05) is 36.4 Å². The molecule has 0 radical (unpaired) electrons. The van der Waals surface area contributed by atoms with E-state index in [1.165, 1.54) is 18.4 Å². The molecule has 0 spiro atoms. The molecule has 0 unspecified atom stereocenters. The number of carbonyl (C=O) groups is 2. The zero-order valence-corrected chi connectivity index (χ0v) is 11.9. The lowest BCUT2D eigenvalue weighted by molar-refractivity contribution is -0.136. The van der Waals surface area contributed by atoms with Crippen molar-refractivity contribution in [3.8, 4) is 0 Å². The molecule has 0 atom stereocenters. The highest BCUT2D eigenvalue weighted by molar-refractivity contribution is 7.10. The number of ketones is 1. The Morgan fingerprint density at radius 3 is 2.50 bits per heavy atom. The first-order valence-corrected chi connectivity index (χ1v) is 6.99. The number of hydrogen-bond acceptors (Lipinski definition) is 4. The molecule has 102 valence electrons. The first-order valence-electron chi connectivity index (χ1n) is 6.11. The van der Waals surface area contributed by atoms with Crippen LogP contribution in [0.15, 0.2) is 53.4 Å². The van der Waals surface area contributed by atoms with E-state index in [0.717, 1.165) is 4.88 Å². The molecule has 2 aromatic rings. The van der Waals surface area contributed by atoms with Crippen molar-refractivity contribution in [2.45, 2.75) is 6.42 Å². The van der Waals surface area contributed by atoms with Crippen molar-refractivity contribution >= 4 is 29.2 Å². The van der Waals surface area contributed by atoms with E-state index in [-0.39, 0.29) is 12.2 Å². The molecule has 0 bridgehead atoms. The van der Waals surface area contributed by atoms with E-state index in [1.807, 2.05) is 23.6 Å². The summed E-state index contributed by atoms with van der Waals surface area (Å²) in [7, 11) is 1.32. The number of carbonyl (C=O) groups excluding carboxylic acids is 2. The summed E-state index contributed by atoms with van der Waals surface area (Å²) < 4.78 is 4.74. The number of thiophene rings is 1. The Hall–Kier alpha value is -2.20. The first kappa shape index (κ1) is 14.2. The van der Waals surface area contributed by atoms with Crippen molar-refractivity contribution < 1.29 is 14.3 Å². The van der Waals surface area contributed by atoms with Crippen LogP contribution in [-0.2, 0) is 9.53 Å². The molecule has 0 fully saturated rings. The molecule has 0 aliphatic heterocycles. The summed E-state index contributed by atoms with van der Waals surface area (Å²) in [4.78, 5) is 24.8. The quantitative estimate of drug-likeness (QED) is 0.479. The molecule has 0 aliphatic carbocycles. The number of rotatable bonds is 5. The molecule has 4 heteroatoms. The number of hydrogen-bond donors (Lipinski definition) is 0. The second-order valence-corrected chi connectivity index (χ2v) is 5.12. The molecular weight excluding hydrogens is 272 g/mol. The van der Waals surface area contributed by atoms with Gasteiger partial charge in [-0.3, -0.25) is 4.79 Å².